The van der Waals surface area contributed by atoms with Crippen LogP contribution in [0.15, 0.2) is 206 Å². The number of hydrogen-bond acceptors (Lipinski definition) is 2. The van der Waals surface area contributed by atoms with Crippen LogP contribution < -0.4 is 0 Å². The average Bonchev–Trinajstić information content (AvgIpc) is 3.74. The second-order valence-corrected chi connectivity index (χ2v) is 19.1. The van der Waals surface area contributed by atoms with E-state index >= 15 is 0 Å². The van der Waals surface area contributed by atoms with E-state index in [0.717, 1.165) is 95.2 Å². The SMILES string of the molecule is CC(C)(C)c1ccc([N-]c2ccc(C(C)(C)C)cc2-c2nc3c(-c4[c-]ccc(-c5ccccc5)c4)cccc3n2-c2ccccc2-c2ccccc2)c(-c2cc(-c3ccccc3)ccn2)c1.[Pt+2]. The maximum atomic E-state index is 5.74. The number of imidazole rings is 1. The van der Waals surface area contributed by atoms with E-state index < -0.39 is 0 Å². The molecule has 0 spiro atoms. The van der Waals surface area contributed by atoms with Gasteiger partial charge >= 0.3 is 21.1 Å². The van der Waals surface area contributed by atoms with Crippen molar-refractivity contribution in [2.75, 3.05) is 0 Å². The zero-order valence-corrected chi connectivity index (χ0v) is 41.0. The zero-order valence-electron chi connectivity index (χ0n) is 38.7. The van der Waals surface area contributed by atoms with Crippen LogP contribution in [0.5, 0.6) is 0 Å². The van der Waals surface area contributed by atoms with Crippen LogP contribution in [0.4, 0.5) is 11.4 Å². The Kier molecular flexibility index (Phi) is 12.5. The molecule has 2 aromatic heterocycles. The van der Waals surface area contributed by atoms with Crippen molar-refractivity contribution in [3.05, 3.63) is 229 Å². The van der Waals surface area contributed by atoms with Gasteiger partial charge in [-0.15, -0.1) is 46.8 Å². The fraction of sp³-hybridized carbons (Fsp3) is 0.129. The van der Waals surface area contributed by atoms with Crippen LogP contribution in [0.3, 0.4) is 0 Å². The summed E-state index contributed by atoms with van der Waals surface area (Å²) in [6.07, 6.45) is 1.91. The Morgan fingerprint density at radius 1 is 0.463 bits per heavy atom. The van der Waals surface area contributed by atoms with Crippen molar-refractivity contribution in [3.8, 4) is 72.8 Å². The fourth-order valence-electron chi connectivity index (χ4n) is 8.81. The first-order chi connectivity index (χ1) is 32.0. The molecule has 2 heterocycles. The molecule has 0 aliphatic rings. The summed E-state index contributed by atoms with van der Waals surface area (Å²) in [4.78, 5) is 10.7. The molecule has 0 N–H and O–H groups in total. The van der Waals surface area contributed by atoms with Gasteiger partial charge in [0.25, 0.3) is 0 Å². The second kappa shape index (κ2) is 18.6. The van der Waals surface area contributed by atoms with E-state index in [1.807, 2.05) is 12.3 Å². The Morgan fingerprint density at radius 2 is 1.01 bits per heavy atom. The zero-order chi connectivity index (χ0) is 45.4. The minimum Gasteiger partial charge on any atom is -0.657 e. The van der Waals surface area contributed by atoms with Gasteiger partial charge in [0.2, 0.25) is 0 Å². The van der Waals surface area contributed by atoms with Gasteiger partial charge in [0.05, 0.1) is 22.4 Å². The third kappa shape index (κ3) is 9.20. The maximum absolute atomic E-state index is 5.74. The molecule has 0 amide bonds. The predicted octanol–water partition coefficient (Wildman–Crippen LogP) is 17.2. The van der Waals surface area contributed by atoms with Gasteiger partial charge < -0.3 is 5.32 Å². The molecular formula is C62H52N4Pt. The second-order valence-electron chi connectivity index (χ2n) is 19.1. The predicted molar refractivity (Wildman–Crippen MR) is 277 cm³/mol. The molecule has 0 unspecified atom stereocenters. The van der Waals surface area contributed by atoms with Gasteiger partial charge in [-0.05, 0) is 80.1 Å². The number of pyridine rings is 1. The number of fused-ring (bicyclic) bond motifs is 1. The Morgan fingerprint density at radius 3 is 1.66 bits per heavy atom. The smallest absolute Gasteiger partial charge is 0.657 e. The standard InChI is InChI=1S/C62H52N4.Pt/c1-61(2,3)48-32-34-54(52(40-48)56-39-46(36-37-63-56)43-22-12-8-13-23-43)64-55-35-33-49(62(4,5)6)41-53(55)60-65-59-51(47-27-18-26-45(38-47)42-20-10-7-11-21-42)29-19-31-58(59)66(60)57-30-17-16-28-50(57)44-24-14-9-15-25-44;/h7-26,28-41H,1-6H3;/q-2;+2. The van der Waals surface area contributed by atoms with Gasteiger partial charge in [0, 0.05) is 17.3 Å². The minimum atomic E-state index is -0.147. The van der Waals surface area contributed by atoms with Crippen molar-refractivity contribution in [1.29, 1.82) is 0 Å². The summed E-state index contributed by atoms with van der Waals surface area (Å²) in [5, 5.41) is 5.65. The van der Waals surface area contributed by atoms with Crippen molar-refractivity contribution in [2.24, 2.45) is 0 Å². The van der Waals surface area contributed by atoms with Gasteiger partial charge in [-0.1, -0.05) is 199 Å². The van der Waals surface area contributed by atoms with Crippen LogP contribution >= 0.6 is 0 Å². The molecule has 0 aliphatic carbocycles. The normalized spacial score (nSPS) is 11.6. The van der Waals surface area contributed by atoms with Gasteiger partial charge in [-0.3, -0.25) is 9.55 Å². The van der Waals surface area contributed by atoms with E-state index in [1.165, 1.54) is 11.1 Å². The minimum absolute atomic E-state index is 0. The number of nitrogens with zero attached hydrogens (tertiary/aromatic N) is 4. The molecule has 4 nitrogen and oxygen atoms in total. The van der Waals surface area contributed by atoms with Crippen LogP contribution in [-0.4, -0.2) is 14.5 Å². The Hall–Kier alpha value is -7.13. The Balaban J connectivity index is 0.00000562. The van der Waals surface area contributed by atoms with Gasteiger partial charge in [-0.2, -0.15) is 0 Å². The maximum Gasteiger partial charge on any atom is 2.00 e. The van der Waals surface area contributed by atoms with Crippen LogP contribution in [-0.2, 0) is 31.9 Å². The molecule has 8 aromatic carbocycles. The molecule has 0 atom stereocenters. The summed E-state index contributed by atoms with van der Waals surface area (Å²) in [5.74, 6) is 0.807. The fourth-order valence-corrected chi connectivity index (χ4v) is 8.81. The van der Waals surface area contributed by atoms with Gasteiger partial charge in [0.1, 0.15) is 5.82 Å². The molecule has 0 saturated carbocycles. The van der Waals surface area contributed by atoms with Crippen LogP contribution in [0.1, 0.15) is 52.7 Å². The largest absolute Gasteiger partial charge is 2.00 e. The number of hydrogen-bond donors (Lipinski definition) is 0. The molecule has 0 radical (unpaired) electrons. The molecular weight excluding hydrogens is 996 g/mol. The summed E-state index contributed by atoms with van der Waals surface area (Å²) in [7, 11) is 0. The van der Waals surface area contributed by atoms with Crippen LogP contribution in [0.2, 0.25) is 0 Å². The molecule has 0 fully saturated rings. The third-order valence-electron chi connectivity index (χ3n) is 12.5. The molecule has 330 valence electrons. The molecule has 0 aliphatic heterocycles. The van der Waals surface area contributed by atoms with E-state index in [0.29, 0.717) is 0 Å². The van der Waals surface area contributed by atoms with Crippen LogP contribution in [0.25, 0.3) is 89.2 Å². The van der Waals surface area contributed by atoms with E-state index in [4.69, 9.17) is 15.3 Å². The Bertz CT molecular complexity index is 3340. The van der Waals surface area contributed by atoms with Crippen molar-refractivity contribution in [2.45, 2.75) is 52.4 Å². The van der Waals surface area contributed by atoms with E-state index in [2.05, 4.69) is 246 Å². The molecule has 0 bridgehead atoms. The monoisotopic (exact) mass is 1050 g/mol. The van der Waals surface area contributed by atoms with Crippen molar-refractivity contribution in [3.63, 3.8) is 0 Å². The molecule has 10 aromatic rings. The first kappa shape index (κ1) is 45.0. The Labute approximate surface area is 409 Å². The topological polar surface area (TPSA) is 44.8 Å². The van der Waals surface area contributed by atoms with Crippen LogP contribution in [0, 0.1) is 6.07 Å². The van der Waals surface area contributed by atoms with E-state index in [-0.39, 0.29) is 31.9 Å². The van der Waals surface area contributed by atoms with Crippen molar-refractivity contribution in [1.82, 2.24) is 14.5 Å². The summed E-state index contributed by atoms with van der Waals surface area (Å²) in [5.41, 5.74) is 18.3. The molecule has 10 rings (SSSR count). The van der Waals surface area contributed by atoms with Gasteiger partial charge in [0.15, 0.2) is 0 Å². The average molecular weight is 1050 g/mol. The molecule has 5 heteroatoms. The number of aromatic nitrogens is 3. The summed E-state index contributed by atoms with van der Waals surface area (Å²) in [6, 6.07) is 74.4. The number of rotatable bonds is 9. The van der Waals surface area contributed by atoms with E-state index in [1.54, 1.807) is 0 Å². The van der Waals surface area contributed by atoms with Gasteiger partial charge in [-0.25, -0.2) is 4.98 Å². The third-order valence-corrected chi connectivity index (χ3v) is 12.5. The van der Waals surface area contributed by atoms with Crippen molar-refractivity contribution < 1.29 is 21.1 Å². The quantitative estimate of drug-likeness (QED) is 0.135. The number of para-hydroxylation sites is 2. The summed E-state index contributed by atoms with van der Waals surface area (Å²) >= 11 is 0. The first-order valence-electron chi connectivity index (χ1n) is 22.8. The molecule has 0 saturated heterocycles. The number of benzene rings is 8. The summed E-state index contributed by atoms with van der Waals surface area (Å²) < 4.78 is 2.34. The summed E-state index contributed by atoms with van der Waals surface area (Å²) in [6.45, 7) is 13.5. The van der Waals surface area contributed by atoms with Crippen molar-refractivity contribution >= 4 is 22.4 Å². The van der Waals surface area contributed by atoms with E-state index in [9.17, 15) is 0 Å². The molecule has 67 heavy (non-hydrogen) atoms. The first-order valence-corrected chi connectivity index (χ1v) is 22.8.